The monoisotopic (exact) mass is 253 g/mol. The van der Waals surface area contributed by atoms with Gasteiger partial charge in [-0.15, -0.1) is 11.6 Å². The fraction of sp³-hybridized carbons (Fsp3) is 0.600. The lowest BCUT2D eigenvalue weighted by Gasteiger charge is -2.06. The molecule has 0 spiro atoms. The van der Waals surface area contributed by atoms with Crippen molar-refractivity contribution in [3.8, 4) is 0 Å². The van der Waals surface area contributed by atoms with E-state index in [1.165, 1.54) is 49.8 Å². The second-order valence-corrected chi connectivity index (χ2v) is 4.79. The van der Waals surface area contributed by atoms with Gasteiger partial charge in [0.2, 0.25) is 0 Å². The lowest BCUT2D eigenvalue weighted by atomic mass is 10.1. The number of anilines is 1. The molecule has 0 aliphatic heterocycles. The Labute approximate surface area is 111 Å². The minimum atomic E-state index is 0.595. The molecular weight excluding hydrogens is 230 g/mol. The third kappa shape index (κ3) is 6.58. The van der Waals surface area contributed by atoms with E-state index in [9.17, 15) is 0 Å². The standard InChI is InChI=1S/C15H24ClN/c1-2-3-4-5-6-7-12-17-15-10-8-14(13-16)9-11-15/h8-11,17H,2-7,12-13H2,1H3. The average molecular weight is 254 g/mol. The van der Waals surface area contributed by atoms with Crippen LogP contribution in [0.3, 0.4) is 0 Å². The fourth-order valence-electron chi connectivity index (χ4n) is 1.85. The van der Waals surface area contributed by atoms with E-state index in [0.29, 0.717) is 5.88 Å². The summed E-state index contributed by atoms with van der Waals surface area (Å²) in [5.41, 5.74) is 2.38. The van der Waals surface area contributed by atoms with E-state index in [1.807, 2.05) is 0 Å². The molecule has 1 aromatic carbocycles. The van der Waals surface area contributed by atoms with Gasteiger partial charge in [-0.25, -0.2) is 0 Å². The second kappa shape index (κ2) is 9.35. The Morgan fingerprint density at radius 1 is 0.941 bits per heavy atom. The Kier molecular flexibility index (Phi) is 7.91. The Balaban J connectivity index is 2.05. The molecule has 0 fully saturated rings. The van der Waals surface area contributed by atoms with Gasteiger partial charge in [0.15, 0.2) is 0 Å². The molecule has 1 aromatic rings. The summed E-state index contributed by atoms with van der Waals surface area (Å²) in [4.78, 5) is 0. The number of hydrogen-bond donors (Lipinski definition) is 1. The van der Waals surface area contributed by atoms with Crippen LogP contribution in [0.25, 0.3) is 0 Å². The molecule has 1 N–H and O–H groups in total. The number of unbranched alkanes of at least 4 members (excludes halogenated alkanes) is 5. The van der Waals surface area contributed by atoms with E-state index in [2.05, 4.69) is 36.5 Å². The summed E-state index contributed by atoms with van der Waals surface area (Å²) in [6, 6.07) is 8.37. The van der Waals surface area contributed by atoms with Gasteiger partial charge in [-0.2, -0.15) is 0 Å². The van der Waals surface area contributed by atoms with Crippen LogP contribution in [0.4, 0.5) is 5.69 Å². The first-order valence-corrected chi connectivity index (χ1v) is 7.29. The molecule has 96 valence electrons. The van der Waals surface area contributed by atoms with Crippen molar-refractivity contribution in [1.29, 1.82) is 0 Å². The van der Waals surface area contributed by atoms with Crippen molar-refractivity contribution >= 4 is 17.3 Å². The summed E-state index contributed by atoms with van der Waals surface area (Å²) in [5.74, 6) is 0.595. The molecule has 0 bridgehead atoms. The highest BCUT2D eigenvalue weighted by molar-refractivity contribution is 6.17. The first-order valence-electron chi connectivity index (χ1n) is 6.75. The van der Waals surface area contributed by atoms with Crippen LogP contribution >= 0.6 is 11.6 Å². The average Bonchev–Trinajstić information content (AvgIpc) is 2.38. The summed E-state index contributed by atoms with van der Waals surface area (Å²) in [7, 11) is 0. The molecule has 0 unspecified atom stereocenters. The van der Waals surface area contributed by atoms with E-state index in [-0.39, 0.29) is 0 Å². The van der Waals surface area contributed by atoms with Gasteiger partial charge in [-0.3, -0.25) is 0 Å². The lowest BCUT2D eigenvalue weighted by molar-refractivity contribution is 0.617. The highest BCUT2D eigenvalue weighted by Gasteiger charge is 1.93. The van der Waals surface area contributed by atoms with Crippen LogP contribution in [-0.4, -0.2) is 6.54 Å². The maximum Gasteiger partial charge on any atom is 0.0474 e. The van der Waals surface area contributed by atoms with Crippen molar-refractivity contribution in [3.63, 3.8) is 0 Å². The number of rotatable bonds is 9. The highest BCUT2D eigenvalue weighted by atomic mass is 35.5. The molecule has 2 heteroatoms. The molecule has 0 atom stereocenters. The number of nitrogens with one attached hydrogen (secondary N) is 1. The summed E-state index contributed by atoms with van der Waals surface area (Å²) >= 11 is 5.75. The van der Waals surface area contributed by atoms with Crippen LogP contribution in [0.5, 0.6) is 0 Å². The van der Waals surface area contributed by atoms with Gasteiger partial charge in [-0.1, -0.05) is 51.2 Å². The number of hydrogen-bond acceptors (Lipinski definition) is 1. The van der Waals surface area contributed by atoms with Gasteiger partial charge in [0.1, 0.15) is 0 Å². The molecule has 0 aliphatic carbocycles. The zero-order valence-corrected chi connectivity index (χ0v) is 11.6. The summed E-state index contributed by atoms with van der Waals surface area (Å²) < 4.78 is 0. The van der Waals surface area contributed by atoms with Crippen LogP contribution in [-0.2, 0) is 5.88 Å². The maximum absolute atomic E-state index is 5.75. The summed E-state index contributed by atoms with van der Waals surface area (Å²) in [6.07, 6.45) is 8.08. The van der Waals surface area contributed by atoms with Gasteiger partial charge in [0.05, 0.1) is 0 Å². The third-order valence-electron chi connectivity index (χ3n) is 2.97. The highest BCUT2D eigenvalue weighted by Crippen LogP contribution is 2.11. The minimum Gasteiger partial charge on any atom is -0.385 e. The minimum absolute atomic E-state index is 0.595. The lowest BCUT2D eigenvalue weighted by Crippen LogP contribution is -2.01. The molecular formula is C15H24ClN. The van der Waals surface area contributed by atoms with E-state index < -0.39 is 0 Å². The number of halogens is 1. The van der Waals surface area contributed by atoms with Crippen LogP contribution in [0.15, 0.2) is 24.3 Å². The smallest absolute Gasteiger partial charge is 0.0474 e. The SMILES string of the molecule is CCCCCCCCNc1ccc(CCl)cc1. The molecule has 0 saturated carbocycles. The van der Waals surface area contributed by atoms with Crippen LogP contribution in [0, 0.1) is 0 Å². The summed E-state index contributed by atoms with van der Waals surface area (Å²) in [6.45, 7) is 3.33. The van der Waals surface area contributed by atoms with Crippen molar-refractivity contribution in [3.05, 3.63) is 29.8 Å². The van der Waals surface area contributed by atoms with Gasteiger partial charge >= 0.3 is 0 Å². The van der Waals surface area contributed by atoms with Crippen molar-refractivity contribution in [2.75, 3.05) is 11.9 Å². The molecule has 0 aliphatic rings. The van der Waals surface area contributed by atoms with Crippen molar-refractivity contribution in [1.82, 2.24) is 0 Å². The van der Waals surface area contributed by atoms with Gasteiger partial charge < -0.3 is 5.32 Å². The largest absolute Gasteiger partial charge is 0.385 e. The first-order chi connectivity index (χ1) is 8.36. The van der Waals surface area contributed by atoms with Crippen molar-refractivity contribution in [2.24, 2.45) is 0 Å². The summed E-state index contributed by atoms with van der Waals surface area (Å²) in [5, 5.41) is 3.44. The predicted octanol–water partition coefficient (Wildman–Crippen LogP) is 5.20. The van der Waals surface area contributed by atoms with Gasteiger partial charge in [0.25, 0.3) is 0 Å². The Morgan fingerprint density at radius 2 is 1.59 bits per heavy atom. The molecule has 0 aromatic heterocycles. The molecule has 1 nitrogen and oxygen atoms in total. The zero-order valence-electron chi connectivity index (χ0n) is 10.8. The fourth-order valence-corrected chi connectivity index (χ4v) is 2.03. The predicted molar refractivity (Wildman–Crippen MR) is 77.9 cm³/mol. The first kappa shape index (κ1) is 14.4. The Hall–Kier alpha value is -0.690. The molecule has 0 amide bonds. The van der Waals surface area contributed by atoms with E-state index in [1.54, 1.807) is 0 Å². The second-order valence-electron chi connectivity index (χ2n) is 4.53. The number of alkyl halides is 1. The zero-order chi connectivity index (χ0) is 12.3. The van der Waals surface area contributed by atoms with E-state index >= 15 is 0 Å². The Morgan fingerprint density at radius 3 is 2.24 bits per heavy atom. The van der Waals surface area contributed by atoms with Gasteiger partial charge in [0, 0.05) is 18.1 Å². The van der Waals surface area contributed by atoms with Crippen molar-refractivity contribution < 1.29 is 0 Å². The quantitative estimate of drug-likeness (QED) is 0.471. The van der Waals surface area contributed by atoms with Gasteiger partial charge in [-0.05, 0) is 24.1 Å². The van der Waals surface area contributed by atoms with Crippen LogP contribution in [0.1, 0.15) is 51.0 Å². The molecule has 0 radical (unpaired) electrons. The Bertz CT molecular complexity index is 281. The topological polar surface area (TPSA) is 12.0 Å². The maximum atomic E-state index is 5.75. The van der Waals surface area contributed by atoms with Crippen LogP contribution < -0.4 is 5.32 Å². The molecule has 1 rings (SSSR count). The molecule has 0 saturated heterocycles. The third-order valence-corrected chi connectivity index (χ3v) is 3.28. The number of benzene rings is 1. The van der Waals surface area contributed by atoms with Crippen molar-refractivity contribution in [2.45, 2.75) is 51.3 Å². The normalized spacial score (nSPS) is 10.5. The van der Waals surface area contributed by atoms with Crippen LogP contribution in [0.2, 0.25) is 0 Å². The van der Waals surface area contributed by atoms with E-state index in [0.717, 1.165) is 6.54 Å². The molecule has 0 heterocycles. The van der Waals surface area contributed by atoms with E-state index in [4.69, 9.17) is 11.6 Å². The molecule has 17 heavy (non-hydrogen) atoms.